The predicted octanol–water partition coefficient (Wildman–Crippen LogP) is 3.33. The van der Waals surface area contributed by atoms with E-state index in [2.05, 4.69) is 17.1 Å². The molecule has 1 amide bonds. The molecule has 3 aromatic rings. The van der Waals surface area contributed by atoms with Crippen molar-refractivity contribution in [3.8, 4) is 0 Å². The van der Waals surface area contributed by atoms with Crippen molar-refractivity contribution in [3.63, 3.8) is 0 Å². The van der Waals surface area contributed by atoms with Crippen LogP contribution in [-0.2, 0) is 34.3 Å². The van der Waals surface area contributed by atoms with Crippen molar-refractivity contribution < 1.29 is 13.2 Å². The molecule has 174 valence electrons. The third-order valence-corrected chi connectivity index (χ3v) is 7.71. The lowest BCUT2D eigenvalue weighted by Gasteiger charge is -2.24. The van der Waals surface area contributed by atoms with Crippen molar-refractivity contribution in [2.24, 2.45) is 0 Å². The Hall–Kier alpha value is -2.97. The maximum Gasteiger partial charge on any atom is 0.262 e. The highest BCUT2D eigenvalue weighted by molar-refractivity contribution is 7.89. The molecule has 1 saturated heterocycles. The molecule has 0 N–H and O–H groups in total. The highest BCUT2D eigenvalue weighted by atomic mass is 32.2. The molecular weight excluding hydrogens is 436 g/mol. The third-order valence-electron chi connectivity index (χ3n) is 5.93. The van der Waals surface area contributed by atoms with Crippen molar-refractivity contribution in [1.82, 2.24) is 18.8 Å². The van der Waals surface area contributed by atoms with E-state index in [1.807, 2.05) is 53.4 Å². The van der Waals surface area contributed by atoms with E-state index in [-0.39, 0.29) is 17.5 Å². The summed E-state index contributed by atoms with van der Waals surface area (Å²) >= 11 is 0. The van der Waals surface area contributed by atoms with Gasteiger partial charge in [-0.2, -0.15) is 4.31 Å². The maximum absolute atomic E-state index is 13.2. The van der Waals surface area contributed by atoms with E-state index in [9.17, 15) is 13.2 Å². The molecule has 0 atom stereocenters. The van der Waals surface area contributed by atoms with Gasteiger partial charge in [-0.1, -0.05) is 67.1 Å². The number of hydrogen-bond acceptors (Lipinski definition) is 4. The van der Waals surface area contributed by atoms with E-state index in [1.165, 1.54) is 22.4 Å². The summed E-state index contributed by atoms with van der Waals surface area (Å²) in [5, 5.41) is 0.0103. The minimum atomic E-state index is -3.62. The largest absolute Gasteiger partial charge is 0.336 e. The van der Waals surface area contributed by atoms with E-state index >= 15 is 0 Å². The Balaban J connectivity index is 1.45. The number of carbonyl (C=O) groups is 1. The van der Waals surface area contributed by atoms with E-state index in [4.69, 9.17) is 0 Å². The van der Waals surface area contributed by atoms with Crippen molar-refractivity contribution in [3.05, 3.63) is 84.3 Å². The molecule has 2 aromatic carbocycles. The summed E-state index contributed by atoms with van der Waals surface area (Å²) in [4.78, 5) is 19.2. The van der Waals surface area contributed by atoms with Gasteiger partial charge in [0.1, 0.15) is 6.54 Å². The zero-order chi connectivity index (χ0) is 23.1. The number of aromatic nitrogens is 2. The maximum atomic E-state index is 13.2. The second kappa shape index (κ2) is 10.8. The van der Waals surface area contributed by atoms with Gasteiger partial charge in [-0.15, -0.1) is 0 Å². The number of rotatable bonds is 9. The lowest BCUT2D eigenvalue weighted by Crippen LogP contribution is -2.36. The standard InChI is InChI=1S/C25H30N4O3S/c30-25(20-27-19-24(26-21-27)33(31,32)29-15-8-3-9-16-29)28(18-23-12-6-2-7-13-23)17-14-22-10-4-1-5-11-22/h1-2,4-7,10-13,19,21H,3,8-9,14-18,20H2. The Morgan fingerprint density at radius 2 is 1.55 bits per heavy atom. The highest BCUT2D eigenvalue weighted by Gasteiger charge is 2.28. The monoisotopic (exact) mass is 466 g/mol. The van der Waals surface area contributed by atoms with E-state index < -0.39 is 10.0 Å². The first kappa shape index (κ1) is 23.2. The van der Waals surface area contributed by atoms with Gasteiger partial charge in [0.15, 0.2) is 5.03 Å². The molecule has 0 radical (unpaired) electrons. The second-order valence-corrected chi connectivity index (χ2v) is 10.3. The van der Waals surface area contributed by atoms with Gasteiger partial charge in [-0.05, 0) is 30.4 Å². The Morgan fingerprint density at radius 1 is 0.909 bits per heavy atom. The fraction of sp³-hybridized carbons (Fsp3) is 0.360. The number of amides is 1. The average Bonchev–Trinajstić information content (AvgIpc) is 3.33. The fourth-order valence-corrected chi connectivity index (χ4v) is 5.51. The van der Waals surface area contributed by atoms with Gasteiger partial charge in [-0.25, -0.2) is 13.4 Å². The van der Waals surface area contributed by atoms with E-state index in [0.717, 1.165) is 31.2 Å². The lowest BCUT2D eigenvalue weighted by atomic mass is 10.1. The first-order valence-electron chi connectivity index (χ1n) is 11.4. The molecular formula is C25H30N4O3S. The van der Waals surface area contributed by atoms with Gasteiger partial charge in [0.05, 0.1) is 6.33 Å². The lowest BCUT2D eigenvalue weighted by molar-refractivity contribution is -0.132. The number of sulfonamides is 1. The third kappa shape index (κ3) is 6.09. The van der Waals surface area contributed by atoms with Crippen LogP contribution >= 0.6 is 0 Å². The molecule has 0 spiro atoms. The minimum Gasteiger partial charge on any atom is -0.336 e. The molecule has 1 aromatic heterocycles. The van der Waals surface area contributed by atoms with Gasteiger partial charge in [0, 0.05) is 32.4 Å². The summed E-state index contributed by atoms with van der Waals surface area (Å²) in [5.74, 6) is -0.0749. The number of carbonyl (C=O) groups excluding carboxylic acids is 1. The number of benzene rings is 2. The summed E-state index contributed by atoms with van der Waals surface area (Å²) in [6.45, 7) is 2.17. The summed E-state index contributed by atoms with van der Waals surface area (Å²) in [5.41, 5.74) is 2.22. The van der Waals surface area contributed by atoms with Crippen molar-refractivity contribution in [2.75, 3.05) is 19.6 Å². The summed E-state index contributed by atoms with van der Waals surface area (Å²) in [7, 11) is -3.62. The fourth-order valence-electron chi connectivity index (χ4n) is 4.06. The first-order valence-corrected chi connectivity index (χ1v) is 12.8. The zero-order valence-electron chi connectivity index (χ0n) is 18.7. The van der Waals surface area contributed by atoms with Crippen LogP contribution in [-0.4, -0.2) is 52.7 Å². The molecule has 1 aliphatic heterocycles. The quantitative estimate of drug-likeness (QED) is 0.485. The normalized spacial score (nSPS) is 14.8. The first-order chi connectivity index (χ1) is 16.0. The smallest absolute Gasteiger partial charge is 0.262 e. The molecule has 4 rings (SSSR count). The van der Waals surface area contributed by atoms with Crippen molar-refractivity contribution >= 4 is 15.9 Å². The minimum absolute atomic E-state index is 0.0103. The number of imidazole rings is 1. The van der Waals surface area contributed by atoms with Crippen molar-refractivity contribution in [1.29, 1.82) is 0 Å². The molecule has 1 fully saturated rings. The summed E-state index contributed by atoms with van der Waals surface area (Å²) < 4.78 is 28.8. The van der Waals surface area contributed by atoms with Gasteiger partial charge >= 0.3 is 0 Å². The number of piperidine rings is 1. The molecule has 0 unspecified atom stereocenters. The SMILES string of the molecule is O=C(Cn1cnc(S(=O)(=O)N2CCCCC2)c1)N(CCc1ccccc1)Cc1ccccc1. The van der Waals surface area contributed by atoms with Crippen molar-refractivity contribution in [2.45, 2.75) is 43.8 Å². The Morgan fingerprint density at radius 3 is 2.21 bits per heavy atom. The van der Waals surface area contributed by atoms with Crippen LogP contribution in [0.15, 0.2) is 78.2 Å². The number of hydrogen-bond donors (Lipinski definition) is 0. The van der Waals surface area contributed by atoms with Crippen LogP contribution < -0.4 is 0 Å². The summed E-state index contributed by atoms with van der Waals surface area (Å²) in [6.07, 6.45) is 6.45. The van der Waals surface area contributed by atoms with Crippen LogP contribution in [0.5, 0.6) is 0 Å². The molecule has 33 heavy (non-hydrogen) atoms. The van der Waals surface area contributed by atoms with Gasteiger partial charge in [0.25, 0.3) is 10.0 Å². The zero-order valence-corrected chi connectivity index (χ0v) is 19.5. The van der Waals surface area contributed by atoms with Gasteiger partial charge in [-0.3, -0.25) is 4.79 Å². The average molecular weight is 467 g/mol. The number of nitrogens with zero attached hydrogens (tertiary/aromatic N) is 4. The Kier molecular flexibility index (Phi) is 7.57. The molecule has 1 aliphatic rings. The highest BCUT2D eigenvalue weighted by Crippen LogP contribution is 2.19. The Labute approximate surface area is 195 Å². The predicted molar refractivity (Wildman–Crippen MR) is 127 cm³/mol. The van der Waals surface area contributed by atoms with Crippen LogP contribution in [0.2, 0.25) is 0 Å². The molecule has 8 heteroatoms. The summed E-state index contributed by atoms with van der Waals surface area (Å²) in [6, 6.07) is 20.0. The van der Waals surface area contributed by atoms with E-state index in [0.29, 0.717) is 26.2 Å². The van der Waals surface area contributed by atoms with Crippen LogP contribution in [0.4, 0.5) is 0 Å². The van der Waals surface area contributed by atoms with Crippen LogP contribution in [0.3, 0.4) is 0 Å². The molecule has 0 bridgehead atoms. The Bertz CT molecular complexity index is 1140. The topological polar surface area (TPSA) is 75.5 Å². The van der Waals surface area contributed by atoms with Gasteiger partial charge < -0.3 is 9.47 Å². The van der Waals surface area contributed by atoms with Gasteiger partial charge in [0.2, 0.25) is 5.91 Å². The molecule has 0 saturated carbocycles. The molecule has 7 nitrogen and oxygen atoms in total. The molecule has 0 aliphatic carbocycles. The van der Waals surface area contributed by atoms with E-state index in [1.54, 1.807) is 4.57 Å². The van der Waals surface area contributed by atoms with Crippen LogP contribution in [0, 0.1) is 0 Å². The van der Waals surface area contributed by atoms with Crippen LogP contribution in [0.1, 0.15) is 30.4 Å². The molecule has 2 heterocycles. The second-order valence-electron chi connectivity index (χ2n) is 8.39. The van der Waals surface area contributed by atoms with Crippen LogP contribution in [0.25, 0.3) is 0 Å².